The third-order valence-corrected chi connectivity index (χ3v) is 5.82. The third kappa shape index (κ3) is 3.99. The Morgan fingerprint density at radius 2 is 2.14 bits per heavy atom. The molecule has 2 rings (SSSR count). The van der Waals surface area contributed by atoms with E-state index in [1.807, 2.05) is 30.3 Å². The minimum Gasteiger partial charge on any atom is -0.497 e. The standard InChI is InChI=1S/C16H18N2O2S2/c1-3-4-9-21-16-13(10-17)14(19)18-15(22-16)11-5-7-12(20-2)8-6-11/h5-8,15H,3-4,9H2,1-2H3,(H,18,19)/t15-/m1/s1. The highest BCUT2D eigenvalue weighted by molar-refractivity contribution is 8.22. The SMILES string of the molecule is CCCCSC1=C(C#N)C(=O)N[C@@H](c2ccc(OC)cc2)S1. The maximum absolute atomic E-state index is 12.1. The lowest BCUT2D eigenvalue weighted by atomic mass is 10.2. The predicted octanol–water partition coefficient (Wildman–Crippen LogP) is 3.83. The number of nitrogens with one attached hydrogen (secondary N) is 1. The van der Waals surface area contributed by atoms with Gasteiger partial charge >= 0.3 is 0 Å². The van der Waals surface area contributed by atoms with Crippen molar-refractivity contribution >= 4 is 29.4 Å². The van der Waals surface area contributed by atoms with Crippen LogP contribution >= 0.6 is 23.5 Å². The molecule has 0 spiro atoms. The molecule has 22 heavy (non-hydrogen) atoms. The van der Waals surface area contributed by atoms with Gasteiger partial charge in [0.05, 0.1) is 11.3 Å². The van der Waals surface area contributed by atoms with E-state index in [0.29, 0.717) is 0 Å². The van der Waals surface area contributed by atoms with Crippen molar-refractivity contribution in [1.29, 1.82) is 5.26 Å². The summed E-state index contributed by atoms with van der Waals surface area (Å²) in [5, 5.41) is 11.9. The lowest BCUT2D eigenvalue weighted by Gasteiger charge is -2.25. The van der Waals surface area contributed by atoms with Crippen molar-refractivity contribution in [2.45, 2.75) is 25.1 Å². The topological polar surface area (TPSA) is 62.1 Å². The summed E-state index contributed by atoms with van der Waals surface area (Å²) in [7, 11) is 1.62. The molecule has 1 aliphatic heterocycles. The molecule has 0 fully saturated rings. The first-order chi connectivity index (χ1) is 10.7. The van der Waals surface area contributed by atoms with Crippen molar-refractivity contribution in [2.24, 2.45) is 0 Å². The minimum absolute atomic E-state index is 0.167. The van der Waals surface area contributed by atoms with Gasteiger partial charge in [0.15, 0.2) is 0 Å². The fraction of sp³-hybridized carbons (Fsp3) is 0.375. The molecule has 0 saturated carbocycles. The number of hydrogen-bond donors (Lipinski definition) is 1. The molecule has 0 aromatic heterocycles. The number of unbranched alkanes of at least 4 members (excludes halogenated alkanes) is 1. The van der Waals surface area contributed by atoms with Gasteiger partial charge in [0.2, 0.25) is 0 Å². The number of nitrogens with zero attached hydrogens (tertiary/aromatic N) is 1. The minimum atomic E-state index is -0.291. The largest absolute Gasteiger partial charge is 0.497 e. The van der Waals surface area contributed by atoms with Crippen molar-refractivity contribution in [3.63, 3.8) is 0 Å². The van der Waals surface area contributed by atoms with Gasteiger partial charge in [-0.15, -0.1) is 11.8 Å². The van der Waals surface area contributed by atoms with Crippen LogP contribution < -0.4 is 10.1 Å². The van der Waals surface area contributed by atoms with E-state index in [1.54, 1.807) is 18.9 Å². The average Bonchev–Trinajstić information content (AvgIpc) is 2.55. The predicted molar refractivity (Wildman–Crippen MR) is 91.5 cm³/mol. The Bertz CT molecular complexity index is 606. The third-order valence-electron chi connectivity index (χ3n) is 3.18. The molecule has 0 unspecified atom stereocenters. The molecule has 1 amide bonds. The summed E-state index contributed by atoms with van der Waals surface area (Å²) >= 11 is 3.13. The van der Waals surface area contributed by atoms with Crippen LogP contribution in [0.4, 0.5) is 0 Å². The number of carbonyl (C=O) groups excluding carboxylic acids is 1. The fourth-order valence-electron chi connectivity index (χ4n) is 1.92. The molecule has 0 saturated heterocycles. The number of hydrogen-bond acceptors (Lipinski definition) is 5. The van der Waals surface area contributed by atoms with E-state index in [4.69, 9.17) is 4.74 Å². The number of thioether (sulfide) groups is 2. The maximum atomic E-state index is 12.1. The quantitative estimate of drug-likeness (QED) is 0.801. The highest BCUT2D eigenvalue weighted by Gasteiger charge is 2.28. The van der Waals surface area contributed by atoms with Gasteiger partial charge < -0.3 is 10.1 Å². The molecule has 1 N–H and O–H groups in total. The van der Waals surface area contributed by atoms with Crippen LogP contribution in [0.25, 0.3) is 0 Å². The highest BCUT2D eigenvalue weighted by atomic mass is 32.2. The van der Waals surface area contributed by atoms with Crippen LogP contribution in [-0.2, 0) is 4.79 Å². The van der Waals surface area contributed by atoms with E-state index >= 15 is 0 Å². The molecule has 1 aromatic carbocycles. The van der Waals surface area contributed by atoms with Gasteiger partial charge in [0.1, 0.15) is 22.8 Å². The van der Waals surface area contributed by atoms with Gasteiger partial charge in [0.25, 0.3) is 5.91 Å². The lowest BCUT2D eigenvalue weighted by molar-refractivity contribution is -0.117. The van der Waals surface area contributed by atoms with E-state index in [2.05, 4.69) is 12.2 Å². The summed E-state index contributed by atoms with van der Waals surface area (Å²) in [6.45, 7) is 2.13. The van der Waals surface area contributed by atoms with Crippen LogP contribution in [0.2, 0.25) is 0 Å². The van der Waals surface area contributed by atoms with Gasteiger partial charge in [-0.25, -0.2) is 0 Å². The maximum Gasteiger partial charge on any atom is 0.264 e. The molecule has 1 aromatic rings. The molecule has 0 aliphatic carbocycles. The second-order valence-electron chi connectivity index (χ2n) is 4.72. The number of benzene rings is 1. The molecule has 0 radical (unpaired) electrons. The summed E-state index contributed by atoms with van der Waals surface area (Å²) in [6.07, 6.45) is 2.17. The first kappa shape index (κ1) is 16.8. The number of methoxy groups -OCH3 is 1. The monoisotopic (exact) mass is 334 g/mol. The van der Waals surface area contributed by atoms with Crippen LogP contribution in [0.1, 0.15) is 30.7 Å². The molecule has 0 bridgehead atoms. The van der Waals surface area contributed by atoms with Crippen LogP contribution in [-0.4, -0.2) is 18.8 Å². The van der Waals surface area contributed by atoms with Crippen molar-refractivity contribution in [1.82, 2.24) is 5.32 Å². The van der Waals surface area contributed by atoms with Gasteiger partial charge in [-0.3, -0.25) is 4.79 Å². The van der Waals surface area contributed by atoms with Crippen LogP contribution in [0, 0.1) is 11.3 Å². The molecular weight excluding hydrogens is 316 g/mol. The van der Waals surface area contributed by atoms with Gasteiger partial charge in [-0.2, -0.15) is 5.26 Å². The highest BCUT2D eigenvalue weighted by Crippen LogP contribution is 2.44. The second kappa shape index (κ2) is 8.16. The van der Waals surface area contributed by atoms with E-state index < -0.39 is 0 Å². The summed E-state index contributed by atoms with van der Waals surface area (Å²) in [5.41, 5.74) is 1.22. The molecule has 116 valence electrons. The van der Waals surface area contributed by atoms with E-state index in [-0.39, 0.29) is 16.9 Å². The fourth-order valence-corrected chi connectivity index (χ4v) is 4.56. The van der Waals surface area contributed by atoms with Crippen LogP contribution in [0.5, 0.6) is 5.75 Å². The molecule has 6 heteroatoms. The first-order valence-electron chi connectivity index (χ1n) is 7.08. The van der Waals surface area contributed by atoms with Crippen LogP contribution in [0.3, 0.4) is 0 Å². The van der Waals surface area contributed by atoms with E-state index in [9.17, 15) is 10.1 Å². The molecule has 1 heterocycles. The smallest absolute Gasteiger partial charge is 0.264 e. The summed E-state index contributed by atoms with van der Waals surface area (Å²) in [6, 6.07) is 9.63. The first-order valence-corrected chi connectivity index (χ1v) is 8.94. The zero-order valence-corrected chi connectivity index (χ0v) is 14.2. The normalized spacial score (nSPS) is 17.9. The average molecular weight is 334 g/mol. The zero-order chi connectivity index (χ0) is 15.9. The van der Waals surface area contributed by atoms with Crippen molar-refractivity contribution in [3.05, 3.63) is 39.6 Å². The zero-order valence-electron chi connectivity index (χ0n) is 12.6. The Kier molecular flexibility index (Phi) is 6.22. The molecule has 1 atom stereocenters. The summed E-state index contributed by atoms with van der Waals surface area (Å²) in [4.78, 5) is 12.1. The van der Waals surface area contributed by atoms with Gasteiger partial charge in [0, 0.05) is 0 Å². The van der Waals surface area contributed by atoms with Crippen molar-refractivity contribution in [3.8, 4) is 11.8 Å². The van der Waals surface area contributed by atoms with Gasteiger partial charge in [-0.1, -0.05) is 37.2 Å². The van der Waals surface area contributed by atoms with Crippen LogP contribution in [0.15, 0.2) is 34.1 Å². The molecule has 4 nitrogen and oxygen atoms in total. The molecule has 1 aliphatic rings. The second-order valence-corrected chi connectivity index (χ2v) is 7.20. The number of nitriles is 1. The van der Waals surface area contributed by atoms with Gasteiger partial charge in [-0.05, 0) is 29.9 Å². The van der Waals surface area contributed by atoms with Crippen molar-refractivity contribution in [2.75, 3.05) is 12.9 Å². The number of ether oxygens (including phenoxy) is 1. The Hall–Kier alpha value is -1.58. The van der Waals surface area contributed by atoms with E-state index in [1.165, 1.54) is 11.8 Å². The van der Waals surface area contributed by atoms with E-state index in [0.717, 1.165) is 34.1 Å². The lowest BCUT2D eigenvalue weighted by Crippen LogP contribution is -2.31. The summed E-state index contributed by atoms with van der Waals surface area (Å²) < 4.78 is 5.97. The summed E-state index contributed by atoms with van der Waals surface area (Å²) in [5.74, 6) is 1.41. The molecular formula is C16H18N2O2S2. The Labute approximate surface area is 139 Å². The Morgan fingerprint density at radius 1 is 1.41 bits per heavy atom. The number of carbonyl (C=O) groups is 1. The van der Waals surface area contributed by atoms with Crippen molar-refractivity contribution < 1.29 is 9.53 Å². The number of rotatable bonds is 6. The number of amides is 1. The Balaban J connectivity index is 2.17. The Morgan fingerprint density at radius 3 is 2.73 bits per heavy atom.